The Kier molecular flexibility index (Phi) is 5.65. The van der Waals surface area contributed by atoms with Crippen LogP contribution in [0.1, 0.15) is 48.3 Å². The summed E-state index contributed by atoms with van der Waals surface area (Å²) in [4.78, 5) is 16.9. The van der Waals surface area contributed by atoms with E-state index in [1.165, 1.54) is 17.7 Å². The maximum atomic E-state index is 13.0. The lowest BCUT2D eigenvalue weighted by atomic mass is 9.87. The van der Waals surface area contributed by atoms with Gasteiger partial charge in [-0.1, -0.05) is 30.3 Å². The number of benzene rings is 2. The molecule has 2 aliphatic heterocycles. The Bertz CT molecular complexity index is 915. The second kappa shape index (κ2) is 8.51. The maximum Gasteiger partial charge on any atom is 0.137 e. The van der Waals surface area contributed by atoms with E-state index >= 15 is 0 Å². The average molecular weight is 377 g/mol. The number of fused-ring (bicyclic) bond motifs is 1. The van der Waals surface area contributed by atoms with Gasteiger partial charge in [0.05, 0.1) is 6.61 Å². The molecule has 2 aromatic carbocycles. The third-order valence-corrected chi connectivity index (χ3v) is 5.42. The highest BCUT2D eigenvalue weighted by molar-refractivity contribution is 5.81. The maximum absolute atomic E-state index is 13.0. The van der Waals surface area contributed by atoms with Crippen LogP contribution in [0.5, 0.6) is 5.75 Å². The van der Waals surface area contributed by atoms with E-state index in [1.807, 2.05) is 18.3 Å². The van der Waals surface area contributed by atoms with Crippen LogP contribution in [0, 0.1) is 5.82 Å². The van der Waals surface area contributed by atoms with Gasteiger partial charge < -0.3 is 4.74 Å². The average Bonchev–Trinajstić information content (AvgIpc) is 3.21. The number of carbonyl (C=O) groups is 1. The normalized spacial score (nSPS) is 17.8. The molecule has 2 aliphatic rings. The molecule has 4 heteroatoms. The van der Waals surface area contributed by atoms with Crippen molar-refractivity contribution in [2.75, 3.05) is 6.61 Å². The minimum atomic E-state index is -0.250. The summed E-state index contributed by atoms with van der Waals surface area (Å²) < 4.78 is 18.8. The van der Waals surface area contributed by atoms with E-state index < -0.39 is 0 Å². The Balaban J connectivity index is 1.40. The quantitative estimate of drug-likeness (QED) is 0.666. The number of carbonyl (C=O) groups excluding carboxylic acids is 1. The van der Waals surface area contributed by atoms with E-state index in [2.05, 4.69) is 17.1 Å². The van der Waals surface area contributed by atoms with Crippen LogP contribution in [0.3, 0.4) is 0 Å². The van der Waals surface area contributed by atoms with Crippen molar-refractivity contribution in [2.45, 2.75) is 44.4 Å². The monoisotopic (exact) mass is 377 g/mol. The minimum absolute atomic E-state index is 0.195. The number of aryl methyl sites for hydroxylation is 1. The standard InChI is InChI=1S/C24H24FNO2/c25-20-7-3-17(4-8-20)5-9-22(27)14-18-6-10-24-23(15-18)19(11-13-28-24)16-21-2-1-12-26-21/h2-4,6-8,10,12,15,19H,1,5,9,11,13-14,16H2. The number of Topliss-reactive ketones (excluding diaryl/α,β-unsaturated/α-hetero) is 1. The number of aliphatic imine (C=N–C) groups is 1. The molecule has 4 rings (SSSR count). The van der Waals surface area contributed by atoms with Crippen molar-refractivity contribution in [3.05, 3.63) is 76.7 Å². The third-order valence-electron chi connectivity index (χ3n) is 5.42. The van der Waals surface area contributed by atoms with Crippen LogP contribution in [-0.4, -0.2) is 18.6 Å². The zero-order valence-corrected chi connectivity index (χ0v) is 15.9. The van der Waals surface area contributed by atoms with Crippen LogP contribution in [0.15, 0.2) is 59.2 Å². The zero-order chi connectivity index (χ0) is 19.3. The zero-order valence-electron chi connectivity index (χ0n) is 15.9. The Morgan fingerprint density at radius 2 is 1.96 bits per heavy atom. The fourth-order valence-corrected chi connectivity index (χ4v) is 3.89. The summed E-state index contributed by atoms with van der Waals surface area (Å²) in [5, 5.41) is 0. The van der Waals surface area contributed by atoms with Gasteiger partial charge in [0.1, 0.15) is 17.3 Å². The SMILES string of the molecule is O=C(CCc1ccc(F)cc1)Cc1ccc2c(c1)C(CC1=CCC=N1)CCO2. The first-order valence-corrected chi connectivity index (χ1v) is 9.91. The van der Waals surface area contributed by atoms with Crippen molar-refractivity contribution in [3.63, 3.8) is 0 Å². The van der Waals surface area contributed by atoms with Crippen molar-refractivity contribution in [3.8, 4) is 5.75 Å². The summed E-state index contributed by atoms with van der Waals surface area (Å²) in [6.07, 6.45) is 8.47. The molecular formula is C24H24FNO2. The van der Waals surface area contributed by atoms with E-state index in [-0.39, 0.29) is 11.6 Å². The van der Waals surface area contributed by atoms with Gasteiger partial charge in [-0.05, 0) is 60.1 Å². The lowest BCUT2D eigenvalue weighted by Crippen LogP contribution is -2.15. The van der Waals surface area contributed by atoms with Crippen molar-refractivity contribution in [1.82, 2.24) is 0 Å². The smallest absolute Gasteiger partial charge is 0.137 e. The minimum Gasteiger partial charge on any atom is -0.493 e. The van der Waals surface area contributed by atoms with E-state index in [9.17, 15) is 9.18 Å². The Labute approximate surface area is 165 Å². The molecule has 0 amide bonds. The summed E-state index contributed by atoms with van der Waals surface area (Å²) >= 11 is 0. The van der Waals surface area contributed by atoms with E-state index in [0.29, 0.717) is 25.2 Å². The van der Waals surface area contributed by atoms with Crippen LogP contribution >= 0.6 is 0 Å². The summed E-state index contributed by atoms with van der Waals surface area (Å²) in [5.41, 5.74) is 4.36. The van der Waals surface area contributed by atoms with E-state index in [1.54, 1.807) is 12.1 Å². The van der Waals surface area contributed by atoms with Crippen molar-refractivity contribution >= 4 is 12.0 Å². The molecule has 2 heterocycles. The van der Waals surface area contributed by atoms with Crippen LogP contribution in [0.4, 0.5) is 4.39 Å². The first kappa shape index (κ1) is 18.6. The van der Waals surface area contributed by atoms with Crippen LogP contribution in [0.2, 0.25) is 0 Å². The number of rotatable bonds is 7. The molecule has 0 saturated heterocycles. The first-order valence-electron chi connectivity index (χ1n) is 9.91. The second-order valence-electron chi connectivity index (χ2n) is 7.50. The Hall–Kier alpha value is -2.75. The highest BCUT2D eigenvalue weighted by Gasteiger charge is 2.23. The predicted octanol–water partition coefficient (Wildman–Crippen LogP) is 5.18. The fraction of sp³-hybridized carbons (Fsp3) is 0.333. The number of nitrogens with zero attached hydrogens (tertiary/aromatic N) is 1. The van der Waals surface area contributed by atoms with Gasteiger partial charge in [0, 0.05) is 31.2 Å². The van der Waals surface area contributed by atoms with E-state index in [0.717, 1.165) is 48.4 Å². The topological polar surface area (TPSA) is 38.7 Å². The number of allylic oxidation sites excluding steroid dienone is 2. The molecule has 3 nitrogen and oxygen atoms in total. The number of hydrogen-bond acceptors (Lipinski definition) is 3. The Morgan fingerprint density at radius 3 is 2.75 bits per heavy atom. The summed E-state index contributed by atoms with van der Waals surface area (Å²) in [6.45, 7) is 0.727. The molecule has 1 atom stereocenters. The molecule has 28 heavy (non-hydrogen) atoms. The molecule has 0 fully saturated rings. The summed E-state index contributed by atoms with van der Waals surface area (Å²) in [7, 11) is 0. The predicted molar refractivity (Wildman–Crippen MR) is 109 cm³/mol. The molecule has 0 aliphatic carbocycles. The molecular weight excluding hydrogens is 353 g/mol. The fourth-order valence-electron chi connectivity index (χ4n) is 3.89. The van der Waals surface area contributed by atoms with Gasteiger partial charge in [-0.3, -0.25) is 9.79 Å². The van der Waals surface area contributed by atoms with E-state index in [4.69, 9.17) is 4.74 Å². The van der Waals surface area contributed by atoms with Gasteiger partial charge in [-0.25, -0.2) is 4.39 Å². The van der Waals surface area contributed by atoms with Gasteiger partial charge in [0.15, 0.2) is 0 Å². The number of ketones is 1. The van der Waals surface area contributed by atoms with Crippen LogP contribution in [-0.2, 0) is 17.6 Å². The summed E-state index contributed by atoms with van der Waals surface area (Å²) in [5.74, 6) is 1.27. The number of halogens is 1. The van der Waals surface area contributed by atoms with Gasteiger partial charge in [0.25, 0.3) is 0 Å². The van der Waals surface area contributed by atoms with Crippen molar-refractivity contribution < 1.29 is 13.9 Å². The first-order chi connectivity index (χ1) is 13.7. The van der Waals surface area contributed by atoms with Gasteiger partial charge in [-0.2, -0.15) is 0 Å². The molecule has 0 aromatic heterocycles. The molecule has 0 saturated carbocycles. The molecule has 0 spiro atoms. The second-order valence-corrected chi connectivity index (χ2v) is 7.50. The lowest BCUT2D eigenvalue weighted by Gasteiger charge is -2.26. The Morgan fingerprint density at radius 1 is 1.14 bits per heavy atom. The van der Waals surface area contributed by atoms with Gasteiger partial charge in [-0.15, -0.1) is 0 Å². The molecule has 144 valence electrons. The van der Waals surface area contributed by atoms with Crippen LogP contribution < -0.4 is 4.74 Å². The van der Waals surface area contributed by atoms with Gasteiger partial charge in [0.2, 0.25) is 0 Å². The molecule has 0 radical (unpaired) electrons. The third kappa shape index (κ3) is 4.56. The summed E-state index contributed by atoms with van der Waals surface area (Å²) in [6, 6.07) is 12.5. The van der Waals surface area contributed by atoms with Gasteiger partial charge >= 0.3 is 0 Å². The largest absolute Gasteiger partial charge is 0.493 e. The molecule has 1 unspecified atom stereocenters. The van der Waals surface area contributed by atoms with Crippen LogP contribution in [0.25, 0.3) is 0 Å². The number of ether oxygens (including phenoxy) is 1. The van der Waals surface area contributed by atoms with Crippen molar-refractivity contribution in [2.24, 2.45) is 4.99 Å². The van der Waals surface area contributed by atoms with Crippen molar-refractivity contribution in [1.29, 1.82) is 0 Å². The lowest BCUT2D eigenvalue weighted by molar-refractivity contribution is -0.118. The highest BCUT2D eigenvalue weighted by atomic mass is 19.1. The number of hydrogen-bond donors (Lipinski definition) is 0. The molecule has 2 aromatic rings. The highest BCUT2D eigenvalue weighted by Crippen LogP contribution is 2.38. The molecule has 0 N–H and O–H groups in total. The molecule has 0 bridgehead atoms.